The van der Waals surface area contributed by atoms with Crippen molar-refractivity contribution in [3.8, 4) is 28.4 Å². The van der Waals surface area contributed by atoms with Gasteiger partial charge in [0.1, 0.15) is 17.1 Å². The molecule has 0 fully saturated rings. The maximum Gasteiger partial charge on any atom is 0.573 e. The Morgan fingerprint density at radius 3 is 1.85 bits per heavy atom. The lowest BCUT2D eigenvalue weighted by atomic mass is 10.0. The summed E-state index contributed by atoms with van der Waals surface area (Å²) in [5.74, 6) is -3.59. The summed E-state index contributed by atoms with van der Waals surface area (Å²) in [5.41, 5.74) is -3.08. The van der Waals surface area contributed by atoms with Gasteiger partial charge >= 0.3 is 24.5 Å². The zero-order valence-corrected chi connectivity index (χ0v) is 20.8. The number of hydrogen-bond donors (Lipinski definition) is 0. The molecule has 0 atom stereocenters. The van der Waals surface area contributed by atoms with E-state index in [1.54, 1.807) is 0 Å². The Morgan fingerprint density at radius 2 is 1.30 bits per heavy atom. The van der Waals surface area contributed by atoms with E-state index in [0.717, 1.165) is 12.1 Å². The van der Waals surface area contributed by atoms with Gasteiger partial charge < -0.3 is 18.6 Å². The van der Waals surface area contributed by atoms with Gasteiger partial charge in [0.15, 0.2) is 16.9 Å². The van der Waals surface area contributed by atoms with Crippen LogP contribution in [0.4, 0.5) is 26.3 Å². The molecule has 1 heterocycles. The van der Waals surface area contributed by atoms with E-state index in [1.807, 2.05) is 0 Å². The van der Waals surface area contributed by atoms with Crippen LogP contribution >= 0.6 is 0 Å². The molecule has 0 aliphatic carbocycles. The summed E-state index contributed by atoms with van der Waals surface area (Å²) >= 11 is 0. The van der Waals surface area contributed by atoms with Crippen molar-refractivity contribution in [2.75, 3.05) is 0 Å². The number of carbonyl (C=O) groups is 2. The Kier molecular flexibility index (Phi) is 7.14. The molecular formula is C28H18F6O6. The fourth-order valence-corrected chi connectivity index (χ4v) is 3.74. The van der Waals surface area contributed by atoms with Crippen LogP contribution in [0.3, 0.4) is 0 Å². The first-order valence-corrected chi connectivity index (χ1v) is 11.3. The first-order valence-electron chi connectivity index (χ1n) is 11.3. The lowest BCUT2D eigenvalue weighted by Gasteiger charge is -2.14. The molecule has 0 aliphatic rings. The zero-order chi connectivity index (χ0) is 29.6. The summed E-state index contributed by atoms with van der Waals surface area (Å²) in [7, 11) is 0. The van der Waals surface area contributed by atoms with E-state index < -0.39 is 52.7 Å². The standard InChI is InChI=1S/C28H18F6O6/c1-13(2)25(35)37-16-7-5-15(6-8-16)17-9-10-19-18-11-12-20(38-26(36)14(3)4)21(27(29,30)31)22(18)39-23(19)24(17)40-28(32,33)34/h5-12H,1,3H2,2,4H3. The molecule has 208 valence electrons. The highest BCUT2D eigenvalue weighted by molar-refractivity contribution is 6.10. The molecule has 6 nitrogen and oxygen atoms in total. The Labute approximate surface area is 222 Å². The first kappa shape index (κ1) is 28.3. The van der Waals surface area contributed by atoms with Crippen LogP contribution in [0.15, 0.2) is 77.3 Å². The van der Waals surface area contributed by atoms with Crippen molar-refractivity contribution in [2.24, 2.45) is 0 Å². The summed E-state index contributed by atoms with van der Waals surface area (Å²) in [6.45, 7) is 9.43. The number of ether oxygens (including phenoxy) is 3. The first-order chi connectivity index (χ1) is 18.6. The average Bonchev–Trinajstić information content (AvgIpc) is 3.21. The molecule has 0 spiro atoms. The fourth-order valence-electron chi connectivity index (χ4n) is 3.74. The molecule has 12 heteroatoms. The van der Waals surface area contributed by atoms with Crippen molar-refractivity contribution in [3.63, 3.8) is 0 Å². The minimum atomic E-state index is -5.24. The molecule has 4 rings (SSSR count). The number of benzene rings is 3. The van der Waals surface area contributed by atoms with Crippen molar-refractivity contribution >= 4 is 33.9 Å². The van der Waals surface area contributed by atoms with Crippen LogP contribution in [0, 0.1) is 0 Å². The Hall–Kier alpha value is -4.74. The highest BCUT2D eigenvalue weighted by Crippen LogP contribution is 2.48. The van der Waals surface area contributed by atoms with Gasteiger partial charge in [-0.2, -0.15) is 13.2 Å². The largest absolute Gasteiger partial charge is 0.573 e. The van der Waals surface area contributed by atoms with Crippen molar-refractivity contribution in [1.29, 1.82) is 0 Å². The van der Waals surface area contributed by atoms with Gasteiger partial charge in [0.05, 0.1) is 0 Å². The van der Waals surface area contributed by atoms with E-state index in [4.69, 9.17) is 13.9 Å². The van der Waals surface area contributed by atoms with Crippen LogP contribution < -0.4 is 14.2 Å². The van der Waals surface area contributed by atoms with Gasteiger partial charge in [-0.1, -0.05) is 25.3 Å². The Morgan fingerprint density at radius 1 is 0.750 bits per heavy atom. The lowest BCUT2D eigenvalue weighted by molar-refractivity contribution is -0.274. The molecule has 0 N–H and O–H groups in total. The molecule has 0 amide bonds. The number of alkyl halides is 6. The van der Waals surface area contributed by atoms with Gasteiger partial charge in [0.25, 0.3) is 0 Å². The van der Waals surface area contributed by atoms with Crippen LogP contribution in [-0.4, -0.2) is 18.3 Å². The molecule has 0 bridgehead atoms. The van der Waals surface area contributed by atoms with E-state index in [1.165, 1.54) is 50.2 Å². The highest BCUT2D eigenvalue weighted by atomic mass is 19.4. The van der Waals surface area contributed by atoms with Gasteiger partial charge in [-0.3, -0.25) is 0 Å². The average molecular weight is 564 g/mol. The third-order valence-corrected chi connectivity index (χ3v) is 5.50. The third kappa shape index (κ3) is 5.65. The second-order valence-corrected chi connectivity index (χ2v) is 8.65. The minimum Gasteiger partial charge on any atom is -0.451 e. The second-order valence-electron chi connectivity index (χ2n) is 8.65. The van der Waals surface area contributed by atoms with E-state index in [2.05, 4.69) is 17.9 Å². The minimum absolute atomic E-state index is 0.0755. The molecule has 4 aromatic rings. The predicted molar refractivity (Wildman–Crippen MR) is 132 cm³/mol. The molecule has 0 saturated heterocycles. The van der Waals surface area contributed by atoms with Gasteiger partial charge in [-0.25, -0.2) is 9.59 Å². The molecule has 0 aliphatic heterocycles. The van der Waals surface area contributed by atoms with E-state index >= 15 is 0 Å². The maximum atomic E-state index is 14.1. The van der Waals surface area contributed by atoms with E-state index in [9.17, 15) is 35.9 Å². The fraction of sp³-hybridized carbons (Fsp3) is 0.143. The van der Waals surface area contributed by atoms with Crippen molar-refractivity contribution in [3.05, 3.63) is 78.4 Å². The van der Waals surface area contributed by atoms with Crippen LogP contribution in [0.2, 0.25) is 0 Å². The second kappa shape index (κ2) is 10.1. The predicted octanol–water partition coefficient (Wildman–Crippen LogP) is 8.13. The van der Waals surface area contributed by atoms with Crippen LogP contribution in [0.25, 0.3) is 33.1 Å². The summed E-state index contributed by atoms with van der Waals surface area (Å²) in [4.78, 5) is 23.7. The summed E-state index contributed by atoms with van der Waals surface area (Å²) < 4.78 is 102. The van der Waals surface area contributed by atoms with Gasteiger partial charge in [-0.15, -0.1) is 13.2 Å². The quantitative estimate of drug-likeness (QED) is 0.102. The topological polar surface area (TPSA) is 75.0 Å². The molecule has 0 unspecified atom stereocenters. The van der Waals surface area contributed by atoms with Crippen molar-refractivity contribution < 1.29 is 54.6 Å². The number of hydrogen-bond acceptors (Lipinski definition) is 6. The number of fused-ring (bicyclic) bond motifs is 3. The molecule has 40 heavy (non-hydrogen) atoms. The van der Waals surface area contributed by atoms with Gasteiger partial charge in [0, 0.05) is 27.5 Å². The number of rotatable bonds is 6. The van der Waals surface area contributed by atoms with Crippen molar-refractivity contribution in [2.45, 2.75) is 26.4 Å². The summed E-state index contributed by atoms with van der Waals surface area (Å²) in [6.07, 6.45) is -10.4. The summed E-state index contributed by atoms with van der Waals surface area (Å²) in [6, 6.07) is 9.74. The van der Waals surface area contributed by atoms with Gasteiger partial charge in [0.2, 0.25) is 0 Å². The van der Waals surface area contributed by atoms with E-state index in [0.29, 0.717) is 0 Å². The van der Waals surface area contributed by atoms with Crippen molar-refractivity contribution in [1.82, 2.24) is 0 Å². The lowest BCUT2D eigenvalue weighted by Crippen LogP contribution is -2.17. The van der Waals surface area contributed by atoms with Gasteiger partial charge in [-0.05, 0) is 55.8 Å². The SMILES string of the molecule is C=C(C)C(=O)Oc1ccc(-c2ccc3c(oc4c(C(F)(F)F)c(OC(=O)C(=C)C)ccc43)c2OC(F)(F)F)cc1. The Bertz CT molecular complexity index is 1680. The number of furan rings is 1. The number of esters is 2. The highest BCUT2D eigenvalue weighted by Gasteiger charge is 2.40. The molecule has 3 aromatic carbocycles. The molecule has 0 saturated carbocycles. The number of carbonyl (C=O) groups excluding carboxylic acids is 2. The molecule has 0 radical (unpaired) electrons. The monoisotopic (exact) mass is 564 g/mol. The van der Waals surface area contributed by atoms with Crippen LogP contribution in [-0.2, 0) is 15.8 Å². The smallest absolute Gasteiger partial charge is 0.451 e. The Balaban J connectivity index is 1.94. The normalized spacial score (nSPS) is 11.9. The maximum absolute atomic E-state index is 14.1. The van der Waals surface area contributed by atoms with Crippen LogP contribution in [0.5, 0.6) is 17.2 Å². The third-order valence-electron chi connectivity index (χ3n) is 5.50. The molecular weight excluding hydrogens is 546 g/mol. The zero-order valence-electron chi connectivity index (χ0n) is 20.8. The van der Waals surface area contributed by atoms with Crippen LogP contribution in [0.1, 0.15) is 19.4 Å². The summed E-state index contributed by atoms with van der Waals surface area (Å²) in [5, 5.41) is -0.314. The molecule has 1 aromatic heterocycles. The number of halogens is 6. The van der Waals surface area contributed by atoms with E-state index in [-0.39, 0.29) is 38.8 Å².